The summed E-state index contributed by atoms with van der Waals surface area (Å²) in [6.45, 7) is 0. The van der Waals surface area contributed by atoms with Gasteiger partial charge in [-0.1, -0.05) is 25.0 Å². The monoisotopic (exact) mass is 517 g/mol. The first kappa shape index (κ1) is 23.2. The van der Waals surface area contributed by atoms with Crippen LogP contribution in [0.4, 0.5) is 10.1 Å². The molecule has 3 N–H and O–H groups in total. The van der Waals surface area contributed by atoms with Gasteiger partial charge >= 0.3 is 0 Å². The SMILES string of the molecule is O=C(Nc1cncc(-c2ccc3[nH]nc(-c4cc5c(-c6ccc(F)cc6)cncc5[nH]4)c3n2)c1)C1CCCC1. The molecule has 5 heterocycles. The average molecular weight is 518 g/mol. The third-order valence-corrected chi connectivity index (χ3v) is 7.39. The van der Waals surface area contributed by atoms with Crippen molar-refractivity contribution in [3.05, 3.63) is 79.1 Å². The Balaban J connectivity index is 1.24. The number of H-pyrrole nitrogens is 2. The fourth-order valence-electron chi connectivity index (χ4n) is 5.37. The summed E-state index contributed by atoms with van der Waals surface area (Å²) in [5, 5.41) is 11.6. The number of hydrogen-bond acceptors (Lipinski definition) is 5. The maximum absolute atomic E-state index is 13.5. The van der Waals surface area contributed by atoms with Crippen LogP contribution in [-0.2, 0) is 4.79 Å². The molecular formula is C30H24FN7O. The Morgan fingerprint density at radius 2 is 1.72 bits per heavy atom. The first-order valence-corrected chi connectivity index (χ1v) is 13.0. The summed E-state index contributed by atoms with van der Waals surface area (Å²) in [5.74, 6) is -0.151. The first-order valence-electron chi connectivity index (χ1n) is 13.0. The lowest BCUT2D eigenvalue weighted by Gasteiger charge is -2.11. The van der Waals surface area contributed by atoms with Crippen LogP contribution < -0.4 is 5.32 Å². The maximum atomic E-state index is 13.5. The van der Waals surface area contributed by atoms with Crippen LogP contribution in [0.5, 0.6) is 0 Å². The highest BCUT2D eigenvalue weighted by molar-refractivity contribution is 6.00. The molecule has 1 aliphatic rings. The van der Waals surface area contributed by atoms with Gasteiger partial charge in [-0.25, -0.2) is 9.37 Å². The van der Waals surface area contributed by atoms with Gasteiger partial charge in [0.1, 0.15) is 17.0 Å². The van der Waals surface area contributed by atoms with Crippen molar-refractivity contribution < 1.29 is 9.18 Å². The predicted octanol–water partition coefficient (Wildman–Crippen LogP) is 6.50. The number of anilines is 1. The summed E-state index contributed by atoms with van der Waals surface area (Å²) in [6.07, 6.45) is 11.0. The molecule has 6 aromatic rings. The van der Waals surface area contributed by atoms with Gasteiger partial charge in [-0.2, -0.15) is 5.10 Å². The van der Waals surface area contributed by atoms with E-state index in [-0.39, 0.29) is 17.6 Å². The largest absolute Gasteiger partial charge is 0.352 e. The van der Waals surface area contributed by atoms with Crippen LogP contribution in [0.15, 0.2) is 73.3 Å². The van der Waals surface area contributed by atoms with E-state index in [0.29, 0.717) is 16.9 Å². The number of aromatic nitrogens is 6. The Bertz CT molecular complexity index is 1830. The Morgan fingerprint density at radius 3 is 2.56 bits per heavy atom. The van der Waals surface area contributed by atoms with Gasteiger partial charge < -0.3 is 10.3 Å². The van der Waals surface area contributed by atoms with Crippen molar-refractivity contribution in [2.45, 2.75) is 25.7 Å². The number of fused-ring (bicyclic) bond motifs is 2. The van der Waals surface area contributed by atoms with Crippen molar-refractivity contribution in [2.75, 3.05) is 5.32 Å². The van der Waals surface area contributed by atoms with E-state index in [2.05, 4.69) is 30.5 Å². The lowest BCUT2D eigenvalue weighted by Crippen LogP contribution is -2.20. The van der Waals surface area contributed by atoms with E-state index in [1.165, 1.54) is 12.1 Å². The van der Waals surface area contributed by atoms with Crippen LogP contribution in [0.3, 0.4) is 0 Å². The van der Waals surface area contributed by atoms with Crippen molar-refractivity contribution in [3.8, 4) is 33.8 Å². The Hall–Kier alpha value is -4.92. The van der Waals surface area contributed by atoms with Gasteiger partial charge in [0.2, 0.25) is 5.91 Å². The lowest BCUT2D eigenvalue weighted by atomic mass is 10.0. The van der Waals surface area contributed by atoms with Crippen molar-refractivity contribution in [1.82, 2.24) is 30.1 Å². The molecule has 0 spiro atoms. The molecule has 8 nitrogen and oxygen atoms in total. The quantitative estimate of drug-likeness (QED) is 0.242. The van der Waals surface area contributed by atoms with Crippen LogP contribution in [0.1, 0.15) is 25.7 Å². The van der Waals surface area contributed by atoms with E-state index >= 15 is 0 Å². The van der Waals surface area contributed by atoms with Gasteiger partial charge in [0, 0.05) is 34.8 Å². The normalized spacial score (nSPS) is 13.9. The Morgan fingerprint density at radius 1 is 0.897 bits per heavy atom. The third-order valence-electron chi connectivity index (χ3n) is 7.39. The molecule has 7 rings (SSSR count). The molecule has 1 aliphatic carbocycles. The van der Waals surface area contributed by atoms with Crippen molar-refractivity contribution in [1.29, 1.82) is 0 Å². The van der Waals surface area contributed by atoms with Crippen LogP contribution in [0.25, 0.3) is 55.7 Å². The molecule has 1 saturated carbocycles. The summed E-state index contributed by atoms with van der Waals surface area (Å²) in [5.41, 5.74) is 7.75. The highest BCUT2D eigenvalue weighted by atomic mass is 19.1. The fourth-order valence-corrected chi connectivity index (χ4v) is 5.37. The number of nitrogens with one attached hydrogen (secondary N) is 3. The molecule has 1 fully saturated rings. The molecule has 1 aromatic carbocycles. The lowest BCUT2D eigenvalue weighted by molar-refractivity contribution is -0.119. The number of aromatic amines is 2. The molecule has 0 aliphatic heterocycles. The van der Waals surface area contributed by atoms with Gasteiger partial charge in [0.05, 0.1) is 40.5 Å². The highest BCUT2D eigenvalue weighted by Gasteiger charge is 2.23. The maximum Gasteiger partial charge on any atom is 0.227 e. The number of halogens is 1. The van der Waals surface area contributed by atoms with Crippen LogP contribution in [0, 0.1) is 11.7 Å². The number of carbonyl (C=O) groups is 1. The van der Waals surface area contributed by atoms with Gasteiger partial charge in [0.15, 0.2) is 0 Å². The van der Waals surface area contributed by atoms with Crippen LogP contribution >= 0.6 is 0 Å². The van der Waals surface area contributed by atoms with E-state index < -0.39 is 0 Å². The second-order valence-corrected chi connectivity index (χ2v) is 9.94. The number of rotatable bonds is 5. The van der Waals surface area contributed by atoms with Crippen molar-refractivity contribution in [3.63, 3.8) is 0 Å². The van der Waals surface area contributed by atoms with E-state index in [0.717, 1.165) is 70.2 Å². The molecular weight excluding hydrogens is 493 g/mol. The first-order chi connectivity index (χ1) is 19.1. The summed E-state index contributed by atoms with van der Waals surface area (Å²) in [6, 6.07) is 14.1. The van der Waals surface area contributed by atoms with Gasteiger partial charge in [-0.15, -0.1) is 0 Å². The third kappa shape index (κ3) is 4.31. The second-order valence-electron chi connectivity index (χ2n) is 9.94. The summed E-state index contributed by atoms with van der Waals surface area (Å²) < 4.78 is 13.5. The molecule has 0 atom stereocenters. The molecule has 0 unspecified atom stereocenters. The molecule has 39 heavy (non-hydrogen) atoms. The number of amides is 1. The molecule has 9 heteroatoms. The van der Waals surface area contributed by atoms with E-state index in [1.807, 2.05) is 24.3 Å². The zero-order valence-electron chi connectivity index (χ0n) is 20.9. The summed E-state index contributed by atoms with van der Waals surface area (Å²) in [4.78, 5) is 29.7. The van der Waals surface area contributed by atoms with E-state index in [9.17, 15) is 9.18 Å². The number of benzene rings is 1. The zero-order chi connectivity index (χ0) is 26.3. The minimum absolute atomic E-state index is 0.0558. The summed E-state index contributed by atoms with van der Waals surface area (Å²) in [7, 11) is 0. The molecule has 1 amide bonds. The van der Waals surface area contributed by atoms with E-state index in [1.54, 1.807) is 36.9 Å². The highest BCUT2D eigenvalue weighted by Crippen LogP contribution is 2.34. The van der Waals surface area contributed by atoms with Gasteiger partial charge in [0.25, 0.3) is 0 Å². The minimum Gasteiger partial charge on any atom is -0.352 e. The predicted molar refractivity (Wildman–Crippen MR) is 148 cm³/mol. The number of carbonyl (C=O) groups excluding carboxylic acids is 1. The fraction of sp³-hybridized carbons (Fsp3) is 0.167. The topological polar surface area (TPSA) is 112 Å². The Labute approximate surface area is 222 Å². The van der Waals surface area contributed by atoms with Crippen molar-refractivity contribution in [2.24, 2.45) is 5.92 Å². The standard InChI is InChI=1S/C30H24FN7O/c31-20-7-5-17(6-8-20)23-15-33-16-27-22(23)12-26(35-27)29-28-25(37-38-29)10-9-24(36-28)19-11-21(14-32-13-19)34-30(39)18-3-1-2-4-18/h5-16,18,35H,1-4H2,(H,34,39)(H,37,38). The molecule has 5 aromatic heterocycles. The minimum atomic E-state index is -0.282. The molecule has 0 saturated heterocycles. The number of nitrogens with zero attached hydrogens (tertiary/aromatic N) is 4. The molecule has 0 radical (unpaired) electrons. The zero-order valence-corrected chi connectivity index (χ0v) is 20.9. The summed E-state index contributed by atoms with van der Waals surface area (Å²) >= 11 is 0. The smallest absolute Gasteiger partial charge is 0.227 e. The molecule has 0 bridgehead atoms. The average Bonchev–Trinajstić information content (AvgIpc) is 3.73. The number of pyridine rings is 3. The Kier molecular flexibility index (Phi) is 5.61. The van der Waals surface area contributed by atoms with Crippen molar-refractivity contribution >= 4 is 33.5 Å². The van der Waals surface area contributed by atoms with Gasteiger partial charge in [-0.3, -0.25) is 19.9 Å². The number of hydrogen-bond donors (Lipinski definition) is 3. The molecule has 192 valence electrons. The second kappa shape index (κ2) is 9.43. The van der Waals surface area contributed by atoms with Crippen LogP contribution in [0.2, 0.25) is 0 Å². The van der Waals surface area contributed by atoms with Gasteiger partial charge in [-0.05, 0) is 54.8 Å². The van der Waals surface area contributed by atoms with E-state index in [4.69, 9.17) is 4.98 Å². The van der Waals surface area contributed by atoms with Crippen LogP contribution in [-0.4, -0.2) is 36.0 Å².